The SMILES string of the molecule is COc1ccc(N=C/C=C/c2ccccc2)cc1. The van der Waals surface area contributed by atoms with Gasteiger partial charge in [0.1, 0.15) is 5.75 Å². The summed E-state index contributed by atoms with van der Waals surface area (Å²) >= 11 is 0. The summed E-state index contributed by atoms with van der Waals surface area (Å²) in [5.74, 6) is 0.841. The molecule has 0 aliphatic rings. The molecule has 0 saturated carbocycles. The Kier molecular flexibility index (Phi) is 4.31. The van der Waals surface area contributed by atoms with E-state index < -0.39 is 0 Å². The van der Waals surface area contributed by atoms with Gasteiger partial charge in [-0.2, -0.15) is 0 Å². The van der Waals surface area contributed by atoms with Gasteiger partial charge in [0.05, 0.1) is 12.8 Å². The van der Waals surface area contributed by atoms with Crippen LogP contribution >= 0.6 is 0 Å². The number of aliphatic imine (C=N–C) groups is 1. The van der Waals surface area contributed by atoms with Crippen molar-refractivity contribution in [2.24, 2.45) is 4.99 Å². The van der Waals surface area contributed by atoms with E-state index >= 15 is 0 Å². The van der Waals surface area contributed by atoms with Crippen molar-refractivity contribution < 1.29 is 4.74 Å². The summed E-state index contributed by atoms with van der Waals surface area (Å²) in [5, 5.41) is 0. The van der Waals surface area contributed by atoms with Crippen LogP contribution in [-0.4, -0.2) is 13.3 Å². The maximum absolute atomic E-state index is 5.09. The zero-order valence-corrected chi connectivity index (χ0v) is 10.3. The first-order valence-electron chi connectivity index (χ1n) is 5.78. The van der Waals surface area contributed by atoms with Gasteiger partial charge in [-0.3, -0.25) is 4.99 Å². The Hall–Kier alpha value is -2.35. The highest BCUT2D eigenvalue weighted by molar-refractivity contribution is 5.80. The molecular weight excluding hydrogens is 222 g/mol. The second-order valence-electron chi connectivity index (χ2n) is 3.75. The number of ether oxygens (including phenoxy) is 1. The molecule has 0 saturated heterocycles. The number of allylic oxidation sites excluding steroid dienone is 1. The van der Waals surface area contributed by atoms with Crippen LogP contribution in [0.3, 0.4) is 0 Å². The maximum Gasteiger partial charge on any atom is 0.119 e. The van der Waals surface area contributed by atoms with Gasteiger partial charge < -0.3 is 4.74 Å². The third kappa shape index (κ3) is 3.59. The van der Waals surface area contributed by atoms with E-state index in [2.05, 4.69) is 17.1 Å². The lowest BCUT2D eigenvalue weighted by molar-refractivity contribution is 0.415. The highest BCUT2D eigenvalue weighted by atomic mass is 16.5. The molecule has 0 spiro atoms. The van der Waals surface area contributed by atoms with Crippen molar-refractivity contribution >= 4 is 18.0 Å². The van der Waals surface area contributed by atoms with Crippen LogP contribution in [0.1, 0.15) is 5.56 Å². The van der Waals surface area contributed by atoms with E-state index in [1.165, 1.54) is 5.56 Å². The largest absolute Gasteiger partial charge is 0.497 e. The molecule has 0 N–H and O–H groups in total. The van der Waals surface area contributed by atoms with Crippen LogP contribution in [0, 0.1) is 0 Å². The molecular formula is C16H15NO. The lowest BCUT2D eigenvalue weighted by atomic mass is 10.2. The lowest BCUT2D eigenvalue weighted by Crippen LogP contribution is -1.79. The van der Waals surface area contributed by atoms with Gasteiger partial charge >= 0.3 is 0 Å². The summed E-state index contributed by atoms with van der Waals surface area (Å²) in [6.07, 6.45) is 5.74. The van der Waals surface area contributed by atoms with E-state index in [-0.39, 0.29) is 0 Å². The fourth-order valence-corrected chi connectivity index (χ4v) is 1.52. The van der Waals surface area contributed by atoms with Gasteiger partial charge in [0.25, 0.3) is 0 Å². The number of hydrogen-bond donors (Lipinski definition) is 0. The van der Waals surface area contributed by atoms with Crippen LogP contribution in [0.4, 0.5) is 5.69 Å². The molecule has 0 aliphatic heterocycles. The van der Waals surface area contributed by atoms with Crippen molar-refractivity contribution in [3.05, 3.63) is 66.2 Å². The zero-order chi connectivity index (χ0) is 12.6. The van der Waals surface area contributed by atoms with E-state index in [1.54, 1.807) is 13.3 Å². The molecule has 0 heterocycles. The van der Waals surface area contributed by atoms with Crippen molar-refractivity contribution in [1.29, 1.82) is 0 Å². The fraction of sp³-hybridized carbons (Fsp3) is 0.0625. The maximum atomic E-state index is 5.09. The highest BCUT2D eigenvalue weighted by Gasteiger charge is 1.89. The average molecular weight is 237 g/mol. The van der Waals surface area contributed by atoms with Gasteiger partial charge in [-0.15, -0.1) is 0 Å². The van der Waals surface area contributed by atoms with Crippen LogP contribution in [0.2, 0.25) is 0 Å². The van der Waals surface area contributed by atoms with Crippen molar-refractivity contribution in [1.82, 2.24) is 0 Å². The Bertz CT molecular complexity index is 527. The number of nitrogens with zero attached hydrogens (tertiary/aromatic N) is 1. The Labute approximate surface area is 107 Å². The van der Waals surface area contributed by atoms with E-state index in [1.807, 2.05) is 54.6 Å². The summed E-state index contributed by atoms with van der Waals surface area (Å²) < 4.78 is 5.09. The molecule has 0 atom stereocenters. The normalized spacial score (nSPS) is 11.2. The Balaban J connectivity index is 1.96. The molecule has 2 aromatic carbocycles. The lowest BCUT2D eigenvalue weighted by Gasteiger charge is -1.98. The first kappa shape index (κ1) is 12.1. The first-order valence-corrected chi connectivity index (χ1v) is 5.78. The minimum Gasteiger partial charge on any atom is -0.497 e. The molecule has 18 heavy (non-hydrogen) atoms. The second-order valence-corrected chi connectivity index (χ2v) is 3.75. The minimum absolute atomic E-state index is 0.841. The van der Waals surface area contributed by atoms with Crippen LogP contribution < -0.4 is 4.74 Å². The molecule has 2 nitrogen and oxygen atoms in total. The monoisotopic (exact) mass is 237 g/mol. The smallest absolute Gasteiger partial charge is 0.119 e. The quantitative estimate of drug-likeness (QED) is 0.733. The Morgan fingerprint density at radius 2 is 1.67 bits per heavy atom. The van der Waals surface area contributed by atoms with Crippen LogP contribution in [0.15, 0.2) is 65.7 Å². The van der Waals surface area contributed by atoms with Crippen molar-refractivity contribution in [2.75, 3.05) is 7.11 Å². The summed E-state index contributed by atoms with van der Waals surface area (Å²) in [5.41, 5.74) is 2.08. The second kappa shape index (κ2) is 6.40. The molecule has 0 unspecified atom stereocenters. The van der Waals surface area contributed by atoms with Gasteiger partial charge in [0.2, 0.25) is 0 Å². The van der Waals surface area contributed by atoms with Crippen molar-refractivity contribution in [3.63, 3.8) is 0 Å². The molecule has 2 rings (SSSR count). The highest BCUT2D eigenvalue weighted by Crippen LogP contribution is 2.17. The summed E-state index contributed by atoms with van der Waals surface area (Å²) in [4.78, 5) is 4.33. The Morgan fingerprint density at radius 1 is 0.944 bits per heavy atom. The van der Waals surface area contributed by atoms with Gasteiger partial charge in [-0.25, -0.2) is 0 Å². The predicted octanol–water partition coefficient (Wildman–Crippen LogP) is 4.11. The summed E-state index contributed by atoms with van der Waals surface area (Å²) in [6.45, 7) is 0. The summed E-state index contributed by atoms with van der Waals surface area (Å²) in [7, 11) is 1.65. The average Bonchev–Trinajstić information content (AvgIpc) is 2.45. The molecule has 0 aromatic heterocycles. The van der Waals surface area contributed by atoms with E-state index in [0.29, 0.717) is 0 Å². The third-order valence-electron chi connectivity index (χ3n) is 2.47. The number of benzene rings is 2. The van der Waals surface area contributed by atoms with Gasteiger partial charge in [0, 0.05) is 6.21 Å². The van der Waals surface area contributed by atoms with Crippen LogP contribution in [0.25, 0.3) is 6.08 Å². The van der Waals surface area contributed by atoms with E-state index in [4.69, 9.17) is 4.74 Å². The van der Waals surface area contributed by atoms with Gasteiger partial charge in [-0.05, 0) is 35.9 Å². The zero-order valence-electron chi connectivity index (χ0n) is 10.3. The van der Waals surface area contributed by atoms with E-state index in [0.717, 1.165) is 11.4 Å². The third-order valence-corrected chi connectivity index (χ3v) is 2.47. The van der Waals surface area contributed by atoms with E-state index in [9.17, 15) is 0 Å². The molecule has 0 bridgehead atoms. The van der Waals surface area contributed by atoms with Crippen LogP contribution in [-0.2, 0) is 0 Å². The summed E-state index contributed by atoms with van der Waals surface area (Å²) in [6, 6.07) is 17.8. The topological polar surface area (TPSA) is 21.6 Å². The number of methoxy groups -OCH3 is 1. The molecule has 0 radical (unpaired) electrons. The Morgan fingerprint density at radius 3 is 2.33 bits per heavy atom. The standard InChI is InChI=1S/C16H15NO/c1-18-16-11-9-15(10-12-16)17-13-5-8-14-6-3-2-4-7-14/h2-13H,1H3/b8-5+,17-13?. The fourth-order valence-electron chi connectivity index (χ4n) is 1.52. The predicted molar refractivity (Wildman–Crippen MR) is 76.6 cm³/mol. The van der Waals surface area contributed by atoms with Gasteiger partial charge in [-0.1, -0.05) is 36.4 Å². The molecule has 2 heteroatoms. The first-order chi connectivity index (χ1) is 8.88. The molecule has 0 amide bonds. The van der Waals surface area contributed by atoms with Crippen molar-refractivity contribution in [3.8, 4) is 5.75 Å². The minimum atomic E-state index is 0.841. The molecule has 0 aliphatic carbocycles. The number of hydrogen-bond acceptors (Lipinski definition) is 2. The van der Waals surface area contributed by atoms with Crippen LogP contribution in [0.5, 0.6) is 5.75 Å². The van der Waals surface area contributed by atoms with Crippen molar-refractivity contribution in [2.45, 2.75) is 0 Å². The molecule has 0 fully saturated rings. The molecule has 2 aromatic rings. The van der Waals surface area contributed by atoms with Gasteiger partial charge in [0.15, 0.2) is 0 Å². The molecule has 90 valence electrons. The number of rotatable bonds is 4.